The summed E-state index contributed by atoms with van der Waals surface area (Å²) >= 11 is 0. The molecule has 1 heterocycles. The van der Waals surface area contributed by atoms with Crippen molar-refractivity contribution in [1.29, 1.82) is 0 Å². The average Bonchev–Trinajstić information content (AvgIpc) is 2.93. The third kappa shape index (κ3) is 8.41. The summed E-state index contributed by atoms with van der Waals surface area (Å²) in [5.41, 5.74) is 0. The first-order chi connectivity index (χ1) is 9.72. The first-order valence-electron chi connectivity index (χ1n) is 8.39. The van der Waals surface area contributed by atoms with Gasteiger partial charge in [0.25, 0.3) is 0 Å². The van der Waals surface area contributed by atoms with Crippen LogP contribution in [-0.4, -0.2) is 50.6 Å². The van der Waals surface area contributed by atoms with Gasteiger partial charge in [-0.05, 0) is 51.2 Å². The zero-order chi connectivity index (χ0) is 14.6. The zero-order valence-electron chi connectivity index (χ0n) is 13.7. The average molecular weight is 282 g/mol. The highest BCUT2D eigenvalue weighted by molar-refractivity contribution is 5.79. The third-order valence-corrected chi connectivity index (χ3v) is 3.87. The van der Waals surface area contributed by atoms with Crippen molar-refractivity contribution in [3.8, 4) is 0 Å². The van der Waals surface area contributed by atoms with E-state index in [1.165, 1.54) is 58.2 Å². The highest BCUT2D eigenvalue weighted by atomic mass is 15.2. The molecule has 20 heavy (non-hydrogen) atoms. The van der Waals surface area contributed by atoms with Crippen molar-refractivity contribution in [3.63, 3.8) is 0 Å². The SMILES string of the molecule is CN=C(NCCCCC(C)C)NCCCN1CCCC1. The van der Waals surface area contributed by atoms with Gasteiger partial charge in [-0.3, -0.25) is 4.99 Å². The molecule has 0 unspecified atom stereocenters. The summed E-state index contributed by atoms with van der Waals surface area (Å²) in [5, 5.41) is 6.80. The van der Waals surface area contributed by atoms with Crippen LogP contribution < -0.4 is 10.6 Å². The fourth-order valence-corrected chi connectivity index (χ4v) is 2.62. The first-order valence-corrected chi connectivity index (χ1v) is 8.39. The molecule has 0 aromatic carbocycles. The Balaban J connectivity index is 1.96. The van der Waals surface area contributed by atoms with Gasteiger partial charge in [-0.1, -0.05) is 26.7 Å². The predicted molar refractivity (Wildman–Crippen MR) is 88.3 cm³/mol. The van der Waals surface area contributed by atoms with E-state index < -0.39 is 0 Å². The van der Waals surface area contributed by atoms with Crippen LogP contribution >= 0.6 is 0 Å². The molecular weight excluding hydrogens is 248 g/mol. The molecule has 1 saturated heterocycles. The normalized spacial score (nSPS) is 16.9. The van der Waals surface area contributed by atoms with Gasteiger partial charge in [-0.25, -0.2) is 0 Å². The number of guanidine groups is 1. The molecule has 1 aliphatic heterocycles. The summed E-state index contributed by atoms with van der Waals surface area (Å²) in [6.45, 7) is 10.4. The molecule has 0 aromatic rings. The molecule has 1 fully saturated rings. The lowest BCUT2D eigenvalue weighted by Crippen LogP contribution is -2.39. The van der Waals surface area contributed by atoms with E-state index >= 15 is 0 Å². The van der Waals surface area contributed by atoms with E-state index in [-0.39, 0.29) is 0 Å². The summed E-state index contributed by atoms with van der Waals surface area (Å²) < 4.78 is 0. The molecule has 0 aliphatic carbocycles. The van der Waals surface area contributed by atoms with Crippen molar-refractivity contribution in [2.24, 2.45) is 10.9 Å². The van der Waals surface area contributed by atoms with E-state index in [2.05, 4.69) is 34.4 Å². The molecule has 2 N–H and O–H groups in total. The van der Waals surface area contributed by atoms with Gasteiger partial charge in [0.1, 0.15) is 0 Å². The minimum absolute atomic E-state index is 0.818. The topological polar surface area (TPSA) is 39.7 Å². The number of nitrogens with one attached hydrogen (secondary N) is 2. The summed E-state index contributed by atoms with van der Waals surface area (Å²) in [4.78, 5) is 6.83. The molecule has 0 radical (unpaired) electrons. The second-order valence-corrected chi connectivity index (χ2v) is 6.22. The number of aliphatic imine (C=N–C) groups is 1. The van der Waals surface area contributed by atoms with E-state index in [4.69, 9.17) is 0 Å². The monoisotopic (exact) mass is 282 g/mol. The maximum atomic E-state index is 4.27. The highest BCUT2D eigenvalue weighted by Gasteiger charge is 2.10. The molecular formula is C16H34N4. The van der Waals surface area contributed by atoms with Gasteiger partial charge >= 0.3 is 0 Å². The van der Waals surface area contributed by atoms with E-state index in [0.29, 0.717) is 0 Å². The van der Waals surface area contributed by atoms with Crippen LogP contribution in [0.3, 0.4) is 0 Å². The minimum Gasteiger partial charge on any atom is -0.356 e. The van der Waals surface area contributed by atoms with Crippen molar-refractivity contribution in [2.75, 3.05) is 39.8 Å². The van der Waals surface area contributed by atoms with E-state index in [1.54, 1.807) is 0 Å². The minimum atomic E-state index is 0.818. The zero-order valence-corrected chi connectivity index (χ0v) is 13.7. The Labute approximate surface area is 125 Å². The molecule has 118 valence electrons. The molecule has 0 atom stereocenters. The lowest BCUT2D eigenvalue weighted by Gasteiger charge is -2.16. The fraction of sp³-hybridized carbons (Fsp3) is 0.938. The highest BCUT2D eigenvalue weighted by Crippen LogP contribution is 2.07. The van der Waals surface area contributed by atoms with Crippen LogP contribution in [0.25, 0.3) is 0 Å². The number of unbranched alkanes of at least 4 members (excludes halogenated alkanes) is 1. The van der Waals surface area contributed by atoms with Gasteiger partial charge in [-0.15, -0.1) is 0 Å². The Bertz CT molecular complexity index is 257. The van der Waals surface area contributed by atoms with Crippen LogP contribution in [0.4, 0.5) is 0 Å². The van der Waals surface area contributed by atoms with E-state index in [0.717, 1.165) is 25.0 Å². The largest absolute Gasteiger partial charge is 0.356 e. The second-order valence-electron chi connectivity index (χ2n) is 6.22. The van der Waals surface area contributed by atoms with E-state index in [9.17, 15) is 0 Å². The maximum absolute atomic E-state index is 4.27. The lowest BCUT2D eigenvalue weighted by molar-refractivity contribution is 0.334. The Morgan fingerprint density at radius 3 is 2.30 bits per heavy atom. The summed E-state index contributed by atoms with van der Waals surface area (Å²) in [5.74, 6) is 1.77. The van der Waals surface area contributed by atoms with Crippen molar-refractivity contribution < 1.29 is 0 Å². The molecule has 0 amide bonds. The van der Waals surface area contributed by atoms with E-state index in [1.807, 2.05) is 7.05 Å². The number of hydrogen-bond donors (Lipinski definition) is 2. The molecule has 1 aliphatic rings. The van der Waals surface area contributed by atoms with Gasteiger partial charge in [0.05, 0.1) is 0 Å². The second kappa shape index (κ2) is 11.0. The fourth-order valence-electron chi connectivity index (χ4n) is 2.62. The molecule has 0 aromatic heterocycles. The smallest absolute Gasteiger partial charge is 0.190 e. The lowest BCUT2D eigenvalue weighted by atomic mass is 10.1. The van der Waals surface area contributed by atoms with Gasteiger partial charge < -0.3 is 15.5 Å². The Morgan fingerprint density at radius 1 is 1.05 bits per heavy atom. The van der Waals surface area contributed by atoms with Gasteiger partial charge in [-0.2, -0.15) is 0 Å². The van der Waals surface area contributed by atoms with Crippen molar-refractivity contribution in [1.82, 2.24) is 15.5 Å². The molecule has 4 nitrogen and oxygen atoms in total. The Kier molecular flexibility index (Phi) is 9.46. The summed E-state index contributed by atoms with van der Waals surface area (Å²) in [7, 11) is 1.85. The van der Waals surface area contributed by atoms with Crippen LogP contribution in [0.2, 0.25) is 0 Å². The summed E-state index contributed by atoms with van der Waals surface area (Å²) in [6, 6.07) is 0. The number of hydrogen-bond acceptors (Lipinski definition) is 2. The van der Waals surface area contributed by atoms with Crippen LogP contribution in [0.15, 0.2) is 4.99 Å². The van der Waals surface area contributed by atoms with Gasteiger partial charge in [0.15, 0.2) is 5.96 Å². The number of likely N-dealkylation sites (tertiary alicyclic amines) is 1. The van der Waals surface area contributed by atoms with Crippen LogP contribution in [0.1, 0.15) is 52.4 Å². The number of nitrogens with zero attached hydrogens (tertiary/aromatic N) is 2. The quantitative estimate of drug-likeness (QED) is 0.388. The summed E-state index contributed by atoms with van der Waals surface area (Å²) in [6.07, 6.45) is 7.82. The number of rotatable bonds is 9. The van der Waals surface area contributed by atoms with Crippen LogP contribution in [0.5, 0.6) is 0 Å². The van der Waals surface area contributed by atoms with Gasteiger partial charge in [0, 0.05) is 20.1 Å². The third-order valence-electron chi connectivity index (χ3n) is 3.87. The molecule has 4 heteroatoms. The maximum Gasteiger partial charge on any atom is 0.190 e. The van der Waals surface area contributed by atoms with Gasteiger partial charge in [0.2, 0.25) is 0 Å². The standard InChI is InChI=1S/C16H34N4/c1-15(2)9-4-5-10-18-16(17-3)19-11-8-14-20-12-6-7-13-20/h15H,4-14H2,1-3H3,(H2,17,18,19). The molecule has 0 saturated carbocycles. The van der Waals surface area contributed by atoms with Crippen LogP contribution in [-0.2, 0) is 0 Å². The molecule has 1 rings (SSSR count). The Hall–Kier alpha value is -0.770. The van der Waals surface area contributed by atoms with Crippen molar-refractivity contribution >= 4 is 5.96 Å². The molecule has 0 bridgehead atoms. The van der Waals surface area contributed by atoms with Crippen molar-refractivity contribution in [3.05, 3.63) is 0 Å². The first kappa shape index (κ1) is 17.3. The van der Waals surface area contributed by atoms with Crippen molar-refractivity contribution in [2.45, 2.75) is 52.4 Å². The molecule has 0 spiro atoms. The van der Waals surface area contributed by atoms with Crippen LogP contribution in [0, 0.1) is 5.92 Å². The predicted octanol–water partition coefficient (Wildman–Crippen LogP) is 2.46. The Morgan fingerprint density at radius 2 is 1.70 bits per heavy atom.